The molecule has 2 heterocycles. The van der Waals surface area contributed by atoms with Crippen molar-refractivity contribution in [2.45, 2.75) is 51.1 Å². The Balaban J connectivity index is 1.38. The maximum atomic E-state index is 12.4. The van der Waals surface area contributed by atoms with Gasteiger partial charge in [-0.3, -0.25) is 9.69 Å². The molecule has 1 saturated heterocycles. The van der Waals surface area contributed by atoms with Gasteiger partial charge in [0.1, 0.15) is 0 Å². The minimum Gasteiger partial charge on any atom is -0.352 e. The fourth-order valence-corrected chi connectivity index (χ4v) is 4.35. The molecule has 3 rings (SSSR count). The van der Waals surface area contributed by atoms with Crippen molar-refractivity contribution >= 4 is 17.2 Å². The summed E-state index contributed by atoms with van der Waals surface area (Å²) in [6.45, 7) is 7.36. The van der Waals surface area contributed by atoms with Crippen LogP contribution in [0, 0.1) is 0 Å². The van der Waals surface area contributed by atoms with E-state index in [1.807, 2.05) is 11.3 Å². The van der Waals surface area contributed by atoms with Crippen molar-refractivity contribution in [3.8, 4) is 0 Å². The molecule has 128 valence electrons. The van der Waals surface area contributed by atoms with Gasteiger partial charge in [-0.1, -0.05) is 18.9 Å². The molecular formula is C18H29N3OS. The zero-order valence-corrected chi connectivity index (χ0v) is 15.0. The van der Waals surface area contributed by atoms with Crippen molar-refractivity contribution in [3.05, 3.63) is 22.4 Å². The van der Waals surface area contributed by atoms with Gasteiger partial charge in [0.15, 0.2) is 0 Å². The second-order valence-electron chi connectivity index (χ2n) is 6.87. The third-order valence-electron chi connectivity index (χ3n) is 5.29. The van der Waals surface area contributed by atoms with Crippen LogP contribution in [0.25, 0.3) is 0 Å². The van der Waals surface area contributed by atoms with E-state index in [1.165, 1.54) is 17.7 Å². The van der Waals surface area contributed by atoms with Gasteiger partial charge in [0.05, 0.1) is 6.04 Å². The lowest BCUT2D eigenvalue weighted by Gasteiger charge is -2.37. The number of hydrogen-bond donors (Lipinski definition) is 1. The van der Waals surface area contributed by atoms with Crippen molar-refractivity contribution in [2.24, 2.45) is 0 Å². The lowest BCUT2D eigenvalue weighted by atomic mass is 10.2. The predicted octanol–water partition coefficient (Wildman–Crippen LogP) is 2.36. The molecule has 1 aliphatic heterocycles. The first-order valence-corrected chi connectivity index (χ1v) is 9.89. The molecule has 1 saturated carbocycles. The Morgan fingerprint density at radius 1 is 1.30 bits per heavy atom. The first-order chi connectivity index (χ1) is 11.2. The van der Waals surface area contributed by atoms with E-state index < -0.39 is 0 Å². The van der Waals surface area contributed by atoms with Crippen LogP contribution in [0.3, 0.4) is 0 Å². The average Bonchev–Trinajstić information content (AvgIpc) is 3.26. The summed E-state index contributed by atoms with van der Waals surface area (Å²) in [5.74, 6) is 0.226. The van der Waals surface area contributed by atoms with E-state index in [-0.39, 0.29) is 11.9 Å². The monoisotopic (exact) mass is 335 g/mol. The van der Waals surface area contributed by atoms with Gasteiger partial charge in [-0.2, -0.15) is 0 Å². The highest BCUT2D eigenvalue weighted by molar-refractivity contribution is 7.09. The highest BCUT2D eigenvalue weighted by Crippen LogP contribution is 2.18. The summed E-state index contributed by atoms with van der Waals surface area (Å²) >= 11 is 1.85. The van der Waals surface area contributed by atoms with Crippen LogP contribution in [0.2, 0.25) is 0 Å². The molecule has 23 heavy (non-hydrogen) atoms. The lowest BCUT2D eigenvalue weighted by Crippen LogP contribution is -2.54. The number of carbonyl (C=O) groups is 1. The number of rotatable bonds is 6. The van der Waals surface area contributed by atoms with Crippen LogP contribution < -0.4 is 5.32 Å². The third kappa shape index (κ3) is 4.78. The number of thiophene rings is 1. The summed E-state index contributed by atoms with van der Waals surface area (Å²) in [6, 6.07) is 4.78. The van der Waals surface area contributed by atoms with Gasteiger partial charge in [0.2, 0.25) is 5.91 Å². The molecule has 1 aromatic heterocycles. The van der Waals surface area contributed by atoms with Crippen LogP contribution in [0.5, 0.6) is 0 Å². The van der Waals surface area contributed by atoms with Crippen LogP contribution in [0.1, 0.15) is 37.5 Å². The maximum Gasteiger partial charge on any atom is 0.237 e. The Bertz CT molecular complexity index is 476. The number of amides is 1. The maximum absolute atomic E-state index is 12.4. The van der Waals surface area contributed by atoms with Crippen LogP contribution in [0.15, 0.2) is 17.5 Å². The number of nitrogens with one attached hydrogen (secondary N) is 1. The highest BCUT2D eigenvalue weighted by atomic mass is 32.1. The molecule has 5 heteroatoms. The summed E-state index contributed by atoms with van der Waals surface area (Å²) in [4.78, 5) is 18.7. The molecule has 0 spiro atoms. The van der Waals surface area contributed by atoms with Crippen molar-refractivity contribution < 1.29 is 4.79 Å². The van der Waals surface area contributed by atoms with Gasteiger partial charge < -0.3 is 10.2 Å². The molecule has 1 N–H and O–H groups in total. The molecule has 2 aliphatic rings. The highest BCUT2D eigenvalue weighted by Gasteiger charge is 2.27. The first-order valence-electron chi connectivity index (χ1n) is 9.01. The summed E-state index contributed by atoms with van der Waals surface area (Å²) in [5.41, 5.74) is 0. The van der Waals surface area contributed by atoms with E-state index in [9.17, 15) is 4.79 Å². The van der Waals surface area contributed by atoms with Gasteiger partial charge in [-0.05, 0) is 37.6 Å². The Kier molecular flexibility index (Phi) is 6.08. The largest absolute Gasteiger partial charge is 0.352 e. The predicted molar refractivity (Wildman–Crippen MR) is 95.9 cm³/mol. The van der Waals surface area contributed by atoms with Gasteiger partial charge in [-0.15, -0.1) is 11.3 Å². The number of piperazine rings is 1. The van der Waals surface area contributed by atoms with Crippen molar-refractivity contribution in [2.75, 3.05) is 32.7 Å². The molecule has 1 aliphatic carbocycles. The average molecular weight is 336 g/mol. The smallest absolute Gasteiger partial charge is 0.237 e. The lowest BCUT2D eigenvalue weighted by molar-refractivity contribution is -0.127. The number of hydrogen-bond acceptors (Lipinski definition) is 4. The topological polar surface area (TPSA) is 35.6 Å². The normalized spacial score (nSPS) is 22.3. The molecule has 0 bridgehead atoms. The molecule has 1 atom stereocenters. The molecular weight excluding hydrogens is 306 g/mol. The van der Waals surface area contributed by atoms with Crippen LogP contribution in [-0.4, -0.2) is 60.5 Å². The van der Waals surface area contributed by atoms with Crippen molar-refractivity contribution in [3.63, 3.8) is 0 Å². The molecule has 0 aromatic carbocycles. The minimum atomic E-state index is 0.00930. The number of nitrogens with zero attached hydrogens (tertiary/aromatic N) is 2. The van der Waals surface area contributed by atoms with E-state index in [4.69, 9.17) is 0 Å². The molecule has 2 fully saturated rings. The number of carbonyl (C=O) groups excluding carboxylic acids is 1. The van der Waals surface area contributed by atoms with Gasteiger partial charge >= 0.3 is 0 Å². The van der Waals surface area contributed by atoms with Crippen molar-refractivity contribution in [1.82, 2.24) is 15.1 Å². The van der Waals surface area contributed by atoms with E-state index >= 15 is 0 Å². The molecule has 0 unspecified atom stereocenters. The molecule has 1 aromatic rings. The summed E-state index contributed by atoms with van der Waals surface area (Å²) in [6.07, 6.45) is 6.00. The molecule has 1 amide bonds. The molecule has 0 radical (unpaired) electrons. The van der Waals surface area contributed by atoms with Crippen LogP contribution in [0.4, 0.5) is 0 Å². The summed E-state index contributed by atoms with van der Waals surface area (Å²) in [5, 5.41) is 5.39. The fourth-order valence-electron chi connectivity index (χ4n) is 3.66. The van der Waals surface area contributed by atoms with Gasteiger partial charge in [0.25, 0.3) is 0 Å². The second-order valence-corrected chi connectivity index (χ2v) is 7.91. The van der Waals surface area contributed by atoms with Gasteiger partial charge in [0, 0.05) is 43.6 Å². The zero-order valence-electron chi connectivity index (χ0n) is 14.2. The van der Waals surface area contributed by atoms with Crippen molar-refractivity contribution in [1.29, 1.82) is 0 Å². The minimum absolute atomic E-state index is 0.00930. The Morgan fingerprint density at radius 3 is 2.70 bits per heavy atom. The van der Waals surface area contributed by atoms with Crippen LogP contribution in [-0.2, 0) is 11.2 Å². The fraction of sp³-hybridized carbons (Fsp3) is 0.722. The Morgan fingerprint density at radius 2 is 2.04 bits per heavy atom. The SMILES string of the molecule is C[C@@H](C(=O)NC1CCCC1)N1CCN(CCc2cccs2)CC1. The van der Waals surface area contributed by atoms with E-state index in [0.717, 1.165) is 52.0 Å². The van der Waals surface area contributed by atoms with E-state index in [1.54, 1.807) is 0 Å². The van der Waals surface area contributed by atoms with E-state index in [0.29, 0.717) is 6.04 Å². The third-order valence-corrected chi connectivity index (χ3v) is 6.23. The standard InChI is InChI=1S/C18H29N3OS/c1-15(18(22)19-16-5-2-3-6-16)21-12-10-20(11-13-21)9-8-17-7-4-14-23-17/h4,7,14-16H,2-3,5-6,8-13H2,1H3,(H,19,22)/t15-/m0/s1. The second kappa shape index (κ2) is 8.27. The Hall–Kier alpha value is -0.910. The Labute approximate surface area is 143 Å². The first kappa shape index (κ1) is 16.9. The van der Waals surface area contributed by atoms with Gasteiger partial charge in [-0.25, -0.2) is 0 Å². The van der Waals surface area contributed by atoms with E-state index in [2.05, 4.69) is 39.6 Å². The summed E-state index contributed by atoms with van der Waals surface area (Å²) < 4.78 is 0. The zero-order chi connectivity index (χ0) is 16.1. The quantitative estimate of drug-likeness (QED) is 0.867. The molecule has 4 nitrogen and oxygen atoms in total. The van der Waals surface area contributed by atoms with Crippen LogP contribution >= 0.6 is 11.3 Å². The summed E-state index contributed by atoms with van der Waals surface area (Å²) in [7, 11) is 0.